The molecule has 2 rings (SSSR count). The number of carboxylic acids is 1. The van der Waals surface area contributed by atoms with Crippen LogP contribution in [0, 0.1) is 0 Å². The van der Waals surface area contributed by atoms with Crippen LogP contribution in [0.3, 0.4) is 0 Å². The molecule has 0 bridgehead atoms. The van der Waals surface area contributed by atoms with Crippen LogP contribution in [0.1, 0.15) is 11.7 Å². The number of carbonyl (C=O) groups is 1. The van der Waals surface area contributed by atoms with Crippen molar-refractivity contribution in [3.8, 4) is 11.5 Å². The first-order chi connectivity index (χ1) is 7.18. The summed E-state index contributed by atoms with van der Waals surface area (Å²) in [5.41, 5.74) is 0.0618. The summed E-state index contributed by atoms with van der Waals surface area (Å²) < 4.78 is 23.6. The summed E-state index contributed by atoms with van der Waals surface area (Å²) in [5.74, 6) is -0.600. The van der Waals surface area contributed by atoms with Gasteiger partial charge in [-0.25, -0.2) is 9.18 Å². The Bertz CT molecular complexity index is 391. The molecule has 80 valence electrons. The van der Waals surface area contributed by atoms with E-state index in [4.69, 9.17) is 14.6 Å². The van der Waals surface area contributed by atoms with Gasteiger partial charge < -0.3 is 14.6 Å². The van der Waals surface area contributed by atoms with E-state index in [1.807, 2.05) is 0 Å². The van der Waals surface area contributed by atoms with E-state index in [1.54, 1.807) is 0 Å². The molecule has 0 aromatic heterocycles. The van der Waals surface area contributed by atoms with Gasteiger partial charge in [-0.3, -0.25) is 0 Å². The molecule has 5 heteroatoms. The van der Waals surface area contributed by atoms with Crippen molar-refractivity contribution in [2.24, 2.45) is 0 Å². The predicted octanol–water partition coefficient (Wildman–Crippen LogP) is 1.55. The fraction of sp³-hybridized carbons (Fsp3) is 0.300. The second kappa shape index (κ2) is 3.76. The van der Waals surface area contributed by atoms with Crippen molar-refractivity contribution in [2.75, 3.05) is 13.2 Å². The Morgan fingerprint density at radius 1 is 1.33 bits per heavy atom. The molecule has 0 aliphatic carbocycles. The third-order valence-corrected chi connectivity index (χ3v) is 2.08. The number of alkyl halides is 1. The van der Waals surface area contributed by atoms with Crippen LogP contribution in [0.25, 0.3) is 0 Å². The Labute approximate surface area is 85.2 Å². The van der Waals surface area contributed by atoms with Crippen LogP contribution >= 0.6 is 0 Å². The number of ether oxygens (including phenoxy) is 2. The summed E-state index contributed by atoms with van der Waals surface area (Å²) in [6.45, 7) is 0.838. The van der Waals surface area contributed by atoms with Gasteiger partial charge in [0.05, 0.1) is 0 Å². The highest BCUT2D eigenvalue weighted by molar-refractivity contribution is 5.74. The molecule has 15 heavy (non-hydrogen) atoms. The van der Waals surface area contributed by atoms with Crippen LogP contribution in [-0.4, -0.2) is 24.3 Å². The van der Waals surface area contributed by atoms with Crippen LogP contribution in [0.2, 0.25) is 0 Å². The number of aliphatic carboxylic acids is 1. The quantitative estimate of drug-likeness (QED) is 0.808. The molecule has 1 aliphatic heterocycles. The van der Waals surface area contributed by atoms with Crippen LogP contribution < -0.4 is 9.47 Å². The molecule has 0 saturated carbocycles. The zero-order valence-corrected chi connectivity index (χ0v) is 7.77. The maximum Gasteiger partial charge on any atom is 0.343 e. The molecule has 1 unspecified atom stereocenters. The number of carboxylic acid groups (broad SMARTS) is 1. The van der Waals surface area contributed by atoms with Crippen molar-refractivity contribution in [3.63, 3.8) is 0 Å². The van der Waals surface area contributed by atoms with E-state index in [1.165, 1.54) is 18.2 Å². The van der Waals surface area contributed by atoms with Gasteiger partial charge in [0.1, 0.15) is 13.2 Å². The van der Waals surface area contributed by atoms with E-state index in [-0.39, 0.29) is 5.56 Å². The van der Waals surface area contributed by atoms with E-state index < -0.39 is 12.1 Å². The molecule has 1 atom stereocenters. The van der Waals surface area contributed by atoms with Gasteiger partial charge in [0.2, 0.25) is 6.17 Å². The van der Waals surface area contributed by atoms with Gasteiger partial charge in [-0.15, -0.1) is 0 Å². The Morgan fingerprint density at radius 2 is 2.00 bits per heavy atom. The SMILES string of the molecule is O=C(O)C(F)c1ccc2c(c1)OCCO2. The first kappa shape index (κ1) is 9.76. The highest BCUT2D eigenvalue weighted by atomic mass is 19.1. The van der Waals surface area contributed by atoms with Crippen LogP contribution in [0.15, 0.2) is 18.2 Å². The minimum absolute atomic E-state index is 0.0618. The summed E-state index contributed by atoms with van der Waals surface area (Å²) in [6, 6.07) is 4.25. The molecule has 4 nitrogen and oxygen atoms in total. The molecule has 0 radical (unpaired) electrons. The molecule has 1 heterocycles. The van der Waals surface area contributed by atoms with E-state index in [9.17, 15) is 9.18 Å². The second-order valence-corrected chi connectivity index (χ2v) is 3.10. The Morgan fingerprint density at radius 3 is 2.67 bits per heavy atom. The average molecular weight is 212 g/mol. The summed E-state index contributed by atoms with van der Waals surface area (Å²) >= 11 is 0. The number of rotatable bonds is 2. The monoisotopic (exact) mass is 212 g/mol. The topological polar surface area (TPSA) is 55.8 Å². The third-order valence-electron chi connectivity index (χ3n) is 2.08. The average Bonchev–Trinajstić information content (AvgIpc) is 2.27. The minimum Gasteiger partial charge on any atom is -0.486 e. The molecule has 0 spiro atoms. The highest BCUT2D eigenvalue weighted by Gasteiger charge is 2.21. The molecule has 0 saturated heterocycles. The number of benzene rings is 1. The second-order valence-electron chi connectivity index (χ2n) is 3.10. The molecular weight excluding hydrogens is 203 g/mol. The third kappa shape index (κ3) is 1.86. The van der Waals surface area contributed by atoms with Crippen molar-refractivity contribution in [1.29, 1.82) is 0 Å². The summed E-state index contributed by atoms with van der Waals surface area (Å²) in [4.78, 5) is 10.4. The largest absolute Gasteiger partial charge is 0.486 e. The van der Waals surface area contributed by atoms with Crippen molar-refractivity contribution in [1.82, 2.24) is 0 Å². The number of hydrogen-bond donors (Lipinski definition) is 1. The highest BCUT2D eigenvalue weighted by Crippen LogP contribution is 2.33. The summed E-state index contributed by atoms with van der Waals surface area (Å²) in [5, 5.41) is 8.49. The van der Waals surface area contributed by atoms with Crippen molar-refractivity contribution >= 4 is 5.97 Å². The van der Waals surface area contributed by atoms with Gasteiger partial charge in [-0.2, -0.15) is 0 Å². The summed E-state index contributed by atoms with van der Waals surface area (Å²) in [7, 11) is 0. The maximum atomic E-state index is 13.1. The van der Waals surface area contributed by atoms with Gasteiger partial charge in [0.15, 0.2) is 11.5 Å². The first-order valence-electron chi connectivity index (χ1n) is 4.45. The Balaban J connectivity index is 2.31. The minimum atomic E-state index is -2.03. The normalized spacial score (nSPS) is 15.8. The standard InChI is InChI=1S/C10H9FO4/c11-9(10(12)13)6-1-2-7-8(5-6)15-4-3-14-7/h1-2,5,9H,3-4H2,(H,12,13). The lowest BCUT2D eigenvalue weighted by molar-refractivity contribution is -0.143. The maximum absolute atomic E-state index is 13.1. The Hall–Kier alpha value is -1.78. The molecule has 1 N–H and O–H groups in total. The zero-order chi connectivity index (χ0) is 10.8. The summed E-state index contributed by atoms with van der Waals surface area (Å²) in [6.07, 6.45) is -2.03. The van der Waals surface area contributed by atoms with Crippen LogP contribution in [0.5, 0.6) is 11.5 Å². The number of hydrogen-bond acceptors (Lipinski definition) is 3. The van der Waals surface area contributed by atoms with Gasteiger partial charge in [-0.05, 0) is 12.1 Å². The Kier molecular flexibility index (Phi) is 2.45. The van der Waals surface area contributed by atoms with Crippen LogP contribution in [0.4, 0.5) is 4.39 Å². The van der Waals surface area contributed by atoms with Gasteiger partial charge in [-0.1, -0.05) is 6.07 Å². The molecule has 1 aromatic carbocycles. The molecule has 1 aliphatic rings. The van der Waals surface area contributed by atoms with E-state index in [2.05, 4.69) is 0 Å². The predicted molar refractivity (Wildman–Crippen MR) is 48.9 cm³/mol. The van der Waals surface area contributed by atoms with Gasteiger partial charge in [0, 0.05) is 5.56 Å². The lowest BCUT2D eigenvalue weighted by atomic mass is 10.1. The van der Waals surface area contributed by atoms with Crippen LogP contribution in [-0.2, 0) is 4.79 Å². The fourth-order valence-corrected chi connectivity index (χ4v) is 1.36. The van der Waals surface area contributed by atoms with Gasteiger partial charge in [0.25, 0.3) is 0 Å². The van der Waals surface area contributed by atoms with Crippen molar-refractivity contribution in [3.05, 3.63) is 23.8 Å². The van der Waals surface area contributed by atoms with Gasteiger partial charge >= 0.3 is 5.97 Å². The molecule has 0 amide bonds. The number of halogens is 1. The van der Waals surface area contributed by atoms with Crippen molar-refractivity contribution in [2.45, 2.75) is 6.17 Å². The zero-order valence-electron chi connectivity index (χ0n) is 7.77. The molecule has 0 fully saturated rings. The van der Waals surface area contributed by atoms with Crippen molar-refractivity contribution < 1.29 is 23.8 Å². The lowest BCUT2D eigenvalue weighted by Gasteiger charge is -2.19. The van der Waals surface area contributed by atoms with E-state index in [0.29, 0.717) is 24.7 Å². The lowest BCUT2D eigenvalue weighted by Crippen LogP contribution is -2.16. The first-order valence-corrected chi connectivity index (χ1v) is 4.45. The smallest absolute Gasteiger partial charge is 0.343 e. The fourth-order valence-electron chi connectivity index (χ4n) is 1.36. The number of fused-ring (bicyclic) bond motifs is 1. The molecular formula is C10H9FO4. The van der Waals surface area contributed by atoms with E-state index in [0.717, 1.165) is 0 Å². The molecule has 1 aromatic rings. The van der Waals surface area contributed by atoms with E-state index >= 15 is 0 Å².